The maximum absolute atomic E-state index is 13.9. The Morgan fingerprint density at radius 3 is 2.15 bits per heavy atom. The number of piperidine rings is 2. The van der Waals surface area contributed by atoms with Crippen LogP contribution in [0.1, 0.15) is 31.2 Å². The van der Waals surface area contributed by atoms with Crippen molar-refractivity contribution in [2.24, 2.45) is 0 Å². The quantitative estimate of drug-likeness (QED) is 0.355. The topological polar surface area (TPSA) is 108 Å². The van der Waals surface area contributed by atoms with Gasteiger partial charge in [-0.25, -0.2) is 17.8 Å². The predicted octanol–water partition coefficient (Wildman–Crippen LogP) is 3.72. The van der Waals surface area contributed by atoms with E-state index in [2.05, 4.69) is 10.1 Å². The molecule has 2 N–H and O–H groups in total. The van der Waals surface area contributed by atoms with Crippen LogP contribution in [0.15, 0.2) is 54.6 Å². The summed E-state index contributed by atoms with van der Waals surface area (Å²) in [5, 5.41) is 14.2. The molecule has 2 aliphatic heterocycles. The average Bonchev–Trinajstić information content (AvgIpc) is 2.90. The molecular formula is C25H31ClF3N3O6S. The Bertz CT molecular complexity index is 1190. The summed E-state index contributed by atoms with van der Waals surface area (Å²) in [5.74, 6) is -0.877. The Balaban J connectivity index is 0.00000420. The number of benzene rings is 2. The summed E-state index contributed by atoms with van der Waals surface area (Å²) >= 11 is 0. The van der Waals surface area contributed by atoms with Crippen molar-refractivity contribution < 1.29 is 41.1 Å². The van der Waals surface area contributed by atoms with Crippen LogP contribution in [0.5, 0.6) is 11.5 Å². The third kappa shape index (κ3) is 7.34. The highest BCUT2D eigenvalue weighted by Crippen LogP contribution is 2.35. The molecule has 0 unspecified atom stereocenters. The Morgan fingerprint density at radius 1 is 1.03 bits per heavy atom. The Morgan fingerprint density at radius 2 is 1.59 bits per heavy atom. The van der Waals surface area contributed by atoms with Crippen LogP contribution in [0.3, 0.4) is 0 Å². The van der Waals surface area contributed by atoms with Crippen LogP contribution in [-0.4, -0.2) is 72.3 Å². The maximum atomic E-state index is 13.9. The molecule has 39 heavy (non-hydrogen) atoms. The van der Waals surface area contributed by atoms with Crippen molar-refractivity contribution >= 4 is 28.3 Å². The molecule has 0 radical (unpaired) electrons. The number of hydroxylamine groups is 2. The molecule has 0 atom stereocenters. The molecule has 216 valence electrons. The molecule has 2 saturated heterocycles. The normalized spacial score (nSPS) is 18.6. The number of hydrogen-bond acceptors (Lipinski definition) is 7. The standard InChI is InChI=1S/C25H30F3N3O6S.ClH/c26-25(27,28)37-22-8-6-20(7-9-22)36-21-10-16-30(17-11-21)38(34,35)24(12-14-29-15-13-24)23(32)31(33)18-19-4-2-1-3-5-19;/h1-9,21,29,33H,10-18H2;1H. The summed E-state index contributed by atoms with van der Waals surface area (Å²) in [6.07, 6.45) is -4.43. The zero-order chi connectivity index (χ0) is 27.4. The van der Waals surface area contributed by atoms with E-state index in [9.17, 15) is 31.6 Å². The molecule has 9 nitrogen and oxygen atoms in total. The van der Waals surface area contributed by atoms with Crippen molar-refractivity contribution in [2.75, 3.05) is 26.2 Å². The summed E-state index contributed by atoms with van der Waals surface area (Å²) in [6, 6.07) is 13.8. The van der Waals surface area contributed by atoms with Gasteiger partial charge in [-0.1, -0.05) is 30.3 Å². The van der Waals surface area contributed by atoms with Crippen molar-refractivity contribution in [1.29, 1.82) is 0 Å². The number of amides is 1. The molecule has 2 aromatic rings. The molecular weight excluding hydrogens is 563 g/mol. The number of ether oxygens (including phenoxy) is 2. The lowest BCUT2D eigenvalue weighted by atomic mass is 9.95. The van der Waals surface area contributed by atoms with Gasteiger partial charge in [0.2, 0.25) is 10.0 Å². The van der Waals surface area contributed by atoms with E-state index in [-0.39, 0.29) is 56.7 Å². The van der Waals surface area contributed by atoms with E-state index in [1.165, 1.54) is 16.4 Å². The molecule has 1 amide bonds. The van der Waals surface area contributed by atoms with Crippen molar-refractivity contribution in [3.05, 3.63) is 60.2 Å². The minimum absolute atomic E-state index is 0. The van der Waals surface area contributed by atoms with Gasteiger partial charge < -0.3 is 14.8 Å². The molecule has 2 heterocycles. The first kappa shape index (κ1) is 31.0. The van der Waals surface area contributed by atoms with E-state index in [1.54, 1.807) is 30.3 Å². The first-order valence-corrected chi connectivity index (χ1v) is 13.7. The first-order valence-electron chi connectivity index (χ1n) is 12.3. The van der Waals surface area contributed by atoms with Gasteiger partial charge in [0.25, 0.3) is 5.91 Å². The summed E-state index contributed by atoms with van der Waals surface area (Å²) in [7, 11) is -4.14. The molecule has 0 spiro atoms. The minimum Gasteiger partial charge on any atom is -0.490 e. The second kappa shape index (κ2) is 12.7. The summed E-state index contributed by atoms with van der Waals surface area (Å²) in [5.41, 5.74) is 0.667. The van der Waals surface area contributed by atoms with Crippen LogP contribution >= 0.6 is 12.4 Å². The number of rotatable bonds is 8. The zero-order valence-electron chi connectivity index (χ0n) is 21.0. The fraction of sp³-hybridized carbons (Fsp3) is 0.480. The number of carbonyl (C=O) groups excluding carboxylic acids is 1. The van der Waals surface area contributed by atoms with Crippen LogP contribution < -0.4 is 14.8 Å². The lowest BCUT2D eigenvalue weighted by Crippen LogP contribution is -2.62. The van der Waals surface area contributed by atoms with E-state index in [0.717, 1.165) is 12.1 Å². The lowest BCUT2D eigenvalue weighted by molar-refractivity contribution is -0.274. The van der Waals surface area contributed by atoms with Crippen LogP contribution in [0.2, 0.25) is 0 Å². The number of nitrogens with zero attached hydrogens (tertiary/aromatic N) is 2. The molecule has 4 rings (SSSR count). The number of hydrogen-bond donors (Lipinski definition) is 2. The SMILES string of the molecule is Cl.O=C(N(O)Cc1ccccc1)C1(S(=O)(=O)N2CCC(Oc3ccc(OC(F)(F)F)cc3)CC2)CCNCC1. The van der Waals surface area contributed by atoms with Crippen molar-refractivity contribution in [3.8, 4) is 11.5 Å². The van der Waals surface area contributed by atoms with E-state index >= 15 is 0 Å². The lowest BCUT2D eigenvalue weighted by Gasteiger charge is -2.42. The molecule has 0 aliphatic carbocycles. The van der Waals surface area contributed by atoms with Gasteiger partial charge in [0.1, 0.15) is 17.6 Å². The highest BCUT2D eigenvalue weighted by atomic mass is 35.5. The Labute approximate surface area is 231 Å². The van der Waals surface area contributed by atoms with Gasteiger partial charge in [0.15, 0.2) is 4.75 Å². The van der Waals surface area contributed by atoms with Crippen LogP contribution in [0.25, 0.3) is 0 Å². The van der Waals surface area contributed by atoms with Gasteiger partial charge in [-0.3, -0.25) is 10.0 Å². The molecule has 0 saturated carbocycles. The summed E-state index contributed by atoms with van der Waals surface area (Å²) < 4.78 is 74.0. The molecule has 2 fully saturated rings. The van der Waals surface area contributed by atoms with Crippen LogP contribution in [0, 0.1) is 0 Å². The largest absolute Gasteiger partial charge is 0.573 e. The molecule has 2 aliphatic rings. The number of halogens is 4. The van der Waals surface area contributed by atoms with Gasteiger partial charge in [-0.2, -0.15) is 0 Å². The molecule has 2 aromatic carbocycles. The summed E-state index contributed by atoms with van der Waals surface area (Å²) in [4.78, 5) is 13.5. The predicted molar refractivity (Wildman–Crippen MR) is 138 cm³/mol. The Hall–Kier alpha value is -2.58. The fourth-order valence-corrected chi connectivity index (χ4v) is 7.06. The van der Waals surface area contributed by atoms with Crippen molar-refractivity contribution in [3.63, 3.8) is 0 Å². The molecule has 14 heteroatoms. The van der Waals surface area contributed by atoms with Gasteiger partial charge in [-0.15, -0.1) is 25.6 Å². The van der Waals surface area contributed by atoms with Gasteiger partial charge in [0.05, 0.1) is 6.54 Å². The highest BCUT2D eigenvalue weighted by molar-refractivity contribution is 7.91. The van der Waals surface area contributed by atoms with E-state index in [1.807, 2.05) is 0 Å². The maximum Gasteiger partial charge on any atom is 0.573 e. The minimum atomic E-state index is -4.79. The fourth-order valence-electron chi connectivity index (χ4n) is 4.83. The van der Waals surface area contributed by atoms with Crippen molar-refractivity contribution in [1.82, 2.24) is 14.7 Å². The second-order valence-corrected chi connectivity index (χ2v) is 11.6. The van der Waals surface area contributed by atoms with Gasteiger partial charge in [0, 0.05) is 13.1 Å². The third-order valence-corrected chi connectivity index (χ3v) is 9.42. The second-order valence-electron chi connectivity index (χ2n) is 9.33. The number of alkyl halides is 3. The van der Waals surface area contributed by atoms with E-state index < -0.39 is 27.0 Å². The monoisotopic (exact) mass is 593 g/mol. The molecule has 0 bridgehead atoms. The highest BCUT2D eigenvalue weighted by Gasteiger charge is 2.55. The number of carbonyl (C=O) groups is 1. The summed E-state index contributed by atoms with van der Waals surface area (Å²) in [6.45, 7) is 0.715. The first-order chi connectivity index (χ1) is 18.0. The third-order valence-electron chi connectivity index (χ3n) is 6.81. The van der Waals surface area contributed by atoms with Crippen LogP contribution in [0.4, 0.5) is 13.2 Å². The number of nitrogens with one attached hydrogen (secondary N) is 1. The smallest absolute Gasteiger partial charge is 0.490 e. The van der Waals surface area contributed by atoms with Gasteiger partial charge >= 0.3 is 6.36 Å². The zero-order valence-corrected chi connectivity index (χ0v) is 22.6. The molecule has 0 aromatic heterocycles. The van der Waals surface area contributed by atoms with Crippen molar-refractivity contribution in [2.45, 2.75) is 49.4 Å². The van der Waals surface area contributed by atoms with Gasteiger partial charge in [-0.05, 0) is 68.6 Å². The Kier molecular flexibility index (Phi) is 10.1. The van der Waals surface area contributed by atoms with Crippen LogP contribution in [-0.2, 0) is 21.4 Å². The van der Waals surface area contributed by atoms with E-state index in [4.69, 9.17) is 4.74 Å². The van der Waals surface area contributed by atoms with E-state index in [0.29, 0.717) is 42.3 Å². The average molecular weight is 594 g/mol. The number of sulfonamides is 1.